The van der Waals surface area contributed by atoms with Gasteiger partial charge in [-0.25, -0.2) is 0 Å². The van der Waals surface area contributed by atoms with Crippen molar-refractivity contribution < 1.29 is 9.84 Å². The number of nitrogens with one attached hydrogen (secondary N) is 1. The number of halogens is 1. The molecule has 4 heteroatoms. The van der Waals surface area contributed by atoms with Gasteiger partial charge in [-0.1, -0.05) is 35.9 Å². The van der Waals surface area contributed by atoms with E-state index in [-0.39, 0.29) is 12.6 Å². The van der Waals surface area contributed by atoms with E-state index in [1.807, 2.05) is 62.4 Å². The maximum absolute atomic E-state index is 10.0. The van der Waals surface area contributed by atoms with Gasteiger partial charge in [0.2, 0.25) is 0 Å². The molecule has 0 saturated carbocycles. The van der Waals surface area contributed by atoms with Gasteiger partial charge in [0, 0.05) is 17.6 Å². The first-order valence-corrected chi connectivity index (χ1v) is 7.79. The number of hydrogen-bond acceptors (Lipinski definition) is 3. The number of benzene rings is 2. The van der Waals surface area contributed by atoms with Crippen LogP contribution in [0, 0.1) is 6.92 Å². The van der Waals surface area contributed by atoms with E-state index in [2.05, 4.69) is 5.32 Å². The number of aliphatic hydroxyl groups is 1. The Kier molecular flexibility index (Phi) is 6.25. The standard InChI is InChI=1S/C18H22ClNO2/c1-13-5-3-8-18(9-13)22-12-17(21)11-20-14(2)15-6-4-7-16(19)10-15/h3-10,14,17,20-21H,11-12H2,1-2H3. The lowest BCUT2D eigenvalue weighted by Gasteiger charge is -2.18. The molecule has 0 radical (unpaired) electrons. The molecule has 0 aliphatic heterocycles. The summed E-state index contributed by atoms with van der Waals surface area (Å²) in [7, 11) is 0. The Morgan fingerprint density at radius 1 is 1.18 bits per heavy atom. The molecular weight excluding hydrogens is 298 g/mol. The molecule has 2 N–H and O–H groups in total. The fourth-order valence-corrected chi connectivity index (χ4v) is 2.36. The molecule has 0 aromatic heterocycles. The van der Waals surface area contributed by atoms with E-state index in [9.17, 15) is 5.11 Å². The lowest BCUT2D eigenvalue weighted by Crippen LogP contribution is -2.33. The van der Waals surface area contributed by atoms with Gasteiger partial charge < -0.3 is 15.2 Å². The summed E-state index contributed by atoms with van der Waals surface area (Å²) in [6, 6.07) is 15.6. The molecule has 0 saturated heterocycles. The highest BCUT2D eigenvalue weighted by Crippen LogP contribution is 2.17. The van der Waals surface area contributed by atoms with Crippen molar-refractivity contribution in [2.45, 2.75) is 26.0 Å². The number of aliphatic hydroxyl groups excluding tert-OH is 1. The van der Waals surface area contributed by atoms with Crippen LogP contribution in [-0.4, -0.2) is 24.4 Å². The van der Waals surface area contributed by atoms with Gasteiger partial charge in [-0.2, -0.15) is 0 Å². The third-order valence-corrected chi connectivity index (χ3v) is 3.68. The molecule has 2 aromatic carbocycles. The molecule has 118 valence electrons. The molecule has 2 atom stereocenters. The van der Waals surface area contributed by atoms with Crippen molar-refractivity contribution in [2.24, 2.45) is 0 Å². The second-order valence-electron chi connectivity index (χ2n) is 5.47. The summed E-state index contributed by atoms with van der Waals surface area (Å²) in [5, 5.41) is 14.0. The highest BCUT2D eigenvalue weighted by molar-refractivity contribution is 6.30. The molecule has 0 fully saturated rings. The van der Waals surface area contributed by atoms with Gasteiger partial charge in [0.15, 0.2) is 0 Å². The molecule has 0 aliphatic carbocycles. The summed E-state index contributed by atoms with van der Waals surface area (Å²) in [5.41, 5.74) is 2.24. The largest absolute Gasteiger partial charge is 0.491 e. The molecule has 22 heavy (non-hydrogen) atoms. The lowest BCUT2D eigenvalue weighted by atomic mass is 10.1. The van der Waals surface area contributed by atoms with Crippen molar-refractivity contribution in [3.8, 4) is 5.75 Å². The predicted molar refractivity (Wildman–Crippen MR) is 90.6 cm³/mol. The molecule has 2 aromatic rings. The fraction of sp³-hybridized carbons (Fsp3) is 0.333. The fourth-order valence-electron chi connectivity index (χ4n) is 2.16. The zero-order chi connectivity index (χ0) is 15.9. The van der Waals surface area contributed by atoms with Gasteiger partial charge in [-0.05, 0) is 49.2 Å². The molecular formula is C18H22ClNO2. The zero-order valence-electron chi connectivity index (χ0n) is 12.9. The molecule has 0 bridgehead atoms. The Hall–Kier alpha value is -1.55. The Morgan fingerprint density at radius 2 is 1.95 bits per heavy atom. The van der Waals surface area contributed by atoms with E-state index >= 15 is 0 Å². The van der Waals surface area contributed by atoms with Crippen molar-refractivity contribution >= 4 is 11.6 Å². The van der Waals surface area contributed by atoms with Gasteiger partial charge in [-0.15, -0.1) is 0 Å². The summed E-state index contributed by atoms with van der Waals surface area (Å²) in [6.45, 7) is 4.77. The predicted octanol–water partition coefficient (Wildman–Crippen LogP) is 3.74. The molecule has 0 spiro atoms. The third kappa shape index (κ3) is 5.34. The van der Waals surface area contributed by atoms with E-state index in [1.165, 1.54) is 0 Å². The van der Waals surface area contributed by atoms with Gasteiger partial charge in [0.05, 0.1) is 0 Å². The second kappa shape index (κ2) is 8.18. The summed E-state index contributed by atoms with van der Waals surface area (Å²) >= 11 is 5.98. The van der Waals surface area contributed by atoms with Gasteiger partial charge >= 0.3 is 0 Å². The van der Waals surface area contributed by atoms with Gasteiger partial charge in [-0.3, -0.25) is 0 Å². The number of aryl methyl sites for hydroxylation is 1. The maximum atomic E-state index is 10.0. The van der Waals surface area contributed by atoms with E-state index in [0.29, 0.717) is 6.54 Å². The minimum absolute atomic E-state index is 0.118. The Balaban J connectivity index is 1.76. The highest BCUT2D eigenvalue weighted by Gasteiger charge is 2.10. The minimum Gasteiger partial charge on any atom is -0.491 e. The average Bonchev–Trinajstić information content (AvgIpc) is 2.50. The topological polar surface area (TPSA) is 41.5 Å². The number of ether oxygens (including phenoxy) is 1. The quantitative estimate of drug-likeness (QED) is 0.817. The smallest absolute Gasteiger partial charge is 0.119 e. The summed E-state index contributed by atoms with van der Waals surface area (Å²) in [5.74, 6) is 0.780. The van der Waals surface area contributed by atoms with Crippen LogP contribution < -0.4 is 10.1 Å². The lowest BCUT2D eigenvalue weighted by molar-refractivity contribution is 0.104. The monoisotopic (exact) mass is 319 g/mol. The average molecular weight is 320 g/mol. The summed E-state index contributed by atoms with van der Waals surface area (Å²) in [6.07, 6.45) is -0.567. The van der Waals surface area contributed by atoms with E-state index in [4.69, 9.17) is 16.3 Å². The Labute approximate surface area is 136 Å². The number of hydrogen-bond donors (Lipinski definition) is 2. The molecule has 0 amide bonds. The SMILES string of the molecule is Cc1cccc(OCC(O)CNC(C)c2cccc(Cl)c2)c1. The van der Waals surface area contributed by atoms with Gasteiger partial charge in [0.1, 0.15) is 18.5 Å². The van der Waals surface area contributed by atoms with Crippen LogP contribution in [0.4, 0.5) is 0 Å². The summed E-state index contributed by atoms with van der Waals surface area (Å²) in [4.78, 5) is 0. The van der Waals surface area contributed by atoms with Crippen molar-refractivity contribution in [3.05, 3.63) is 64.7 Å². The van der Waals surface area contributed by atoms with Crippen LogP contribution in [0.15, 0.2) is 48.5 Å². The van der Waals surface area contributed by atoms with Crippen LogP contribution in [0.1, 0.15) is 24.1 Å². The minimum atomic E-state index is -0.567. The van der Waals surface area contributed by atoms with Crippen molar-refractivity contribution in [1.82, 2.24) is 5.32 Å². The van der Waals surface area contributed by atoms with Crippen LogP contribution in [0.5, 0.6) is 5.75 Å². The Bertz CT molecular complexity index is 603. The van der Waals surface area contributed by atoms with Crippen molar-refractivity contribution in [1.29, 1.82) is 0 Å². The molecule has 3 nitrogen and oxygen atoms in total. The van der Waals surface area contributed by atoms with Crippen LogP contribution in [0.3, 0.4) is 0 Å². The first kappa shape index (κ1) is 16.8. The van der Waals surface area contributed by atoms with Crippen LogP contribution in [0.25, 0.3) is 0 Å². The highest BCUT2D eigenvalue weighted by atomic mass is 35.5. The van der Waals surface area contributed by atoms with E-state index in [0.717, 1.165) is 21.9 Å². The van der Waals surface area contributed by atoms with E-state index < -0.39 is 6.10 Å². The van der Waals surface area contributed by atoms with Crippen LogP contribution in [-0.2, 0) is 0 Å². The maximum Gasteiger partial charge on any atom is 0.119 e. The van der Waals surface area contributed by atoms with Crippen LogP contribution in [0.2, 0.25) is 5.02 Å². The van der Waals surface area contributed by atoms with Crippen LogP contribution >= 0.6 is 11.6 Å². The Morgan fingerprint density at radius 3 is 2.68 bits per heavy atom. The third-order valence-electron chi connectivity index (χ3n) is 3.44. The first-order chi connectivity index (χ1) is 10.5. The van der Waals surface area contributed by atoms with Gasteiger partial charge in [0.25, 0.3) is 0 Å². The molecule has 2 rings (SSSR count). The molecule has 0 heterocycles. The normalized spacial score (nSPS) is 13.6. The second-order valence-corrected chi connectivity index (χ2v) is 5.90. The molecule has 2 unspecified atom stereocenters. The van der Waals surface area contributed by atoms with Crippen molar-refractivity contribution in [2.75, 3.05) is 13.2 Å². The molecule has 0 aliphatic rings. The summed E-state index contributed by atoms with van der Waals surface area (Å²) < 4.78 is 5.59. The number of rotatable bonds is 7. The first-order valence-electron chi connectivity index (χ1n) is 7.41. The zero-order valence-corrected chi connectivity index (χ0v) is 13.7. The van der Waals surface area contributed by atoms with E-state index in [1.54, 1.807) is 0 Å². The van der Waals surface area contributed by atoms with Crippen molar-refractivity contribution in [3.63, 3.8) is 0 Å².